The van der Waals surface area contributed by atoms with Crippen LogP contribution in [0.15, 0.2) is 0 Å². The van der Waals surface area contributed by atoms with Crippen LogP contribution in [0.2, 0.25) is 0 Å². The van der Waals surface area contributed by atoms with Crippen molar-refractivity contribution in [2.45, 2.75) is 103 Å². The van der Waals surface area contributed by atoms with Gasteiger partial charge in [-0.25, -0.2) is 0 Å². The summed E-state index contributed by atoms with van der Waals surface area (Å²) in [4.78, 5) is 24.4. The lowest BCUT2D eigenvalue weighted by Crippen LogP contribution is -2.53. The average Bonchev–Trinajstić information content (AvgIpc) is 2.65. The van der Waals surface area contributed by atoms with Gasteiger partial charge < -0.3 is 10.1 Å². The monoisotopic (exact) mass is 365 g/mol. The molecule has 1 spiro atoms. The van der Waals surface area contributed by atoms with Crippen molar-refractivity contribution in [1.29, 1.82) is 0 Å². The van der Waals surface area contributed by atoms with Gasteiger partial charge in [0.05, 0.1) is 5.92 Å². The summed E-state index contributed by atoms with van der Waals surface area (Å²) in [6.45, 7) is 6.04. The maximum Gasteiger partial charge on any atom is 0.309 e. The van der Waals surface area contributed by atoms with Crippen LogP contribution in [-0.2, 0) is 14.3 Å². The van der Waals surface area contributed by atoms with E-state index in [1.54, 1.807) is 0 Å². The molecule has 1 saturated carbocycles. The van der Waals surface area contributed by atoms with Crippen LogP contribution in [0.25, 0.3) is 0 Å². The smallest absolute Gasteiger partial charge is 0.309 e. The van der Waals surface area contributed by atoms with Crippen LogP contribution >= 0.6 is 0 Å². The Bertz CT molecular complexity index is 439. The topological polar surface area (TPSA) is 55.4 Å². The van der Waals surface area contributed by atoms with Crippen LogP contribution in [-0.4, -0.2) is 30.9 Å². The first kappa shape index (κ1) is 21.4. The minimum absolute atomic E-state index is 0.00830. The standard InChI is InChI=1S/C22H39NO3/c1-3-5-6-7-8-9-10-18(4-2)21(25)26-20-17-23-16-15-22(20)13-11-19(24)12-14-22/h18,20,23H,3-17H2,1-2H3. The SMILES string of the molecule is CCCCCCCCC(CC)C(=O)OC1CNCCC12CCC(=O)CC2. The van der Waals surface area contributed by atoms with Crippen molar-refractivity contribution in [3.8, 4) is 0 Å². The van der Waals surface area contributed by atoms with E-state index < -0.39 is 0 Å². The molecular formula is C22H39NO3. The van der Waals surface area contributed by atoms with Crippen molar-refractivity contribution in [2.75, 3.05) is 13.1 Å². The Kier molecular flexibility index (Phi) is 9.10. The van der Waals surface area contributed by atoms with Gasteiger partial charge in [-0.3, -0.25) is 9.59 Å². The zero-order valence-electron chi connectivity index (χ0n) is 17.0. The molecule has 1 heterocycles. The van der Waals surface area contributed by atoms with E-state index in [2.05, 4.69) is 19.2 Å². The number of carbonyl (C=O) groups excluding carboxylic acids is 2. The largest absolute Gasteiger partial charge is 0.460 e. The van der Waals surface area contributed by atoms with Crippen LogP contribution in [0.1, 0.15) is 97.3 Å². The zero-order chi connectivity index (χ0) is 18.8. The molecule has 0 aromatic carbocycles. The highest BCUT2D eigenvalue weighted by Crippen LogP contribution is 2.44. The van der Waals surface area contributed by atoms with Crippen molar-refractivity contribution in [2.24, 2.45) is 11.3 Å². The Balaban J connectivity index is 1.81. The summed E-state index contributed by atoms with van der Waals surface area (Å²) in [5.41, 5.74) is 0.0350. The third-order valence-electron chi connectivity index (χ3n) is 6.61. The summed E-state index contributed by atoms with van der Waals surface area (Å²) >= 11 is 0. The minimum atomic E-state index is -0.0598. The fourth-order valence-corrected chi connectivity index (χ4v) is 4.61. The first-order valence-electron chi connectivity index (χ1n) is 11.0. The second kappa shape index (κ2) is 11.1. The molecule has 1 aliphatic heterocycles. The van der Waals surface area contributed by atoms with Gasteiger partial charge in [-0.2, -0.15) is 0 Å². The Morgan fingerprint density at radius 2 is 1.81 bits per heavy atom. The Morgan fingerprint density at radius 1 is 1.12 bits per heavy atom. The van der Waals surface area contributed by atoms with Crippen molar-refractivity contribution < 1.29 is 14.3 Å². The number of esters is 1. The molecule has 0 radical (unpaired) electrons. The van der Waals surface area contributed by atoms with Gasteiger partial charge in [0.2, 0.25) is 0 Å². The second-order valence-corrected chi connectivity index (χ2v) is 8.44. The van der Waals surface area contributed by atoms with Gasteiger partial charge in [-0.1, -0.05) is 52.4 Å². The number of hydrogen-bond acceptors (Lipinski definition) is 4. The molecule has 1 aliphatic carbocycles. The summed E-state index contributed by atoms with van der Waals surface area (Å²) in [5, 5.41) is 3.39. The van der Waals surface area contributed by atoms with Crippen molar-refractivity contribution >= 4 is 11.8 Å². The van der Waals surface area contributed by atoms with E-state index in [1.165, 1.54) is 32.1 Å². The van der Waals surface area contributed by atoms with Gasteiger partial charge in [0.25, 0.3) is 0 Å². The van der Waals surface area contributed by atoms with Crippen molar-refractivity contribution in [1.82, 2.24) is 5.32 Å². The van der Waals surface area contributed by atoms with Crippen LogP contribution in [0.3, 0.4) is 0 Å². The number of rotatable bonds is 10. The molecule has 0 amide bonds. The predicted molar refractivity (Wildman–Crippen MR) is 105 cm³/mol. The van der Waals surface area contributed by atoms with Crippen LogP contribution in [0.4, 0.5) is 0 Å². The lowest BCUT2D eigenvalue weighted by Gasteiger charge is -2.46. The van der Waals surface area contributed by atoms with Gasteiger partial charge >= 0.3 is 5.97 Å². The lowest BCUT2D eigenvalue weighted by atomic mass is 9.66. The highest BCUT2D eigenvalue weighted by Gasteiger charge is 2.45. The molecule has 2 fully saturated rings. The number of Topliss-reactive ketones (excluding diaryl/α,β-unsaturated/α-hetero) is 1. The second-order valence-electron chi connectivity index (χ2n) is 8.44. The molecule has 0 aromatic rings. The van der Waals surface area contributed by atoms with Gasteiger partial charge in [-0.15, -0.1) is 0 Å². The lowest BCUT2D eigenvalue weighted by molar-refractivity contribution is -0.166. The number of ether oxygens (including phenoxy) is 1. The van der Waals surface area contributed by atoms with Gasteiger partial charge in [-0.05, 0) is 38.6 Å². The fourth-order valence-electron chi connectivity index (χ4n) is 4.61. The molecule has 4 nitrogen and oxygen atoms in total. The Hall–Kier alpha value is -0.900. The van der Waals surface area contributed by atoms with E-state index in [0.29, 0.717) is 18.6 Å². The highest BCUT2D eigenvalue weighted by molar-refractivity contribution is 5.79. The third-order valence-corrected chi connectivity index (χ3v) is 6.61. The summed E-state index contributed by atoms with van der Waals surface area (Å²) < 4.78 is 6.06. The molecule has 1 N–H and O–H groups in total. The Morgan fingerprint density at radius 3 is 2.50 bits per heavy atom. The molecule has 2 aliphatic rings. The van der Waals surface area contributed by atoms with Gasteiger partial charge in [0, 0.05) is 24.8 Å². The Labute approximate surface area is 159 Å². The molecule has 0 bridgehead atoms. The third kappa shape index (κ3) is 6.07. The summed E-state index contributed by atoms with van der Waals surface area (Å²) in [5.74, 6) is 0.394. The summed E-state index contributed by atoms with van der Waals surface area (Å²) in [7, 11) is 0. The average molecular weight is 366 g/mol. The first-order valence-corrected chi connectivity index (χ1v) is 11.0. The zero-order valence-corrected chi connectivity index (χ0v) is 17.0. The number of ketones is 1. The van der Waals surface area contributed by atoms with Crippen LogP contribution in [0.5, 0.6) is 0 Å². The molecule has 2 atom stereocenters. The number of unbranched alkanes of at least 4 members (excludes halogenated alkanes) is 5. The number of hydrogen-bond donors (Lipinski definition) is 1. The van der Waals surface area contributed by atoms with E-state index in [0.717, 1.165) is 51.6 Å². The summed E-state index contributed by atoms with van der Waals surface area (Å²) in [6.07, 6.45) is 13.4. The maximum absolute atomic E-state index is 12.8. The molecule has 150 valence electrons. The van der Waals surface area contributed by atoms with E-state index in [1.807, 2.05) is 0 Å². The van der Waals surface area contributed by atoms with Gasteiger partial charge in [0.15, 0.2) is 0 Å². The van der Waals surface area contributed by atoms with Crippen molar-refractivity contribution in [3.63, 3.8) is 0 Å². The number of nitrogens with one attached hydrogen (secondary N) is 1. The molecule has 4 heteroatoms. The number of carbonyl (C=O) groups is 2. The van der Waals surface area contributed by atoms with E-state index in [-0.39, 0.29) is 23.4 Å². The maximum atomic E-state index is 12.8. The van der Waals surface area contributed by atoms with Crippen LogP contribution in [0, 0.1) is 11.3 Å². The molecule has 26 heavy (non-hydrogen) atoms. The highest BCUT2D eigenvalue weighted by atomic mass is 16.5. The predicted octanol–water partition coefficient (Wildman–Crippen LogP) is 4.80. The van der Waals surface area contributed by atoms with E-state index in [4.69, 9.17) is 4.74 Å². The van der Waals surface area contributed by atoms with E-state index in [9.17, 15) is 9.59 Å². The quantitative estimate of drug-likeness (QED) is 0.446. The van der Waals surface area contributed by atoms with Crippen LogP contribution < -0.4 is 5.32 Å². The summed E-state index contributed by atoms with van der Waals surface area (Å²) in [6, 6.07) is 0. The van der Waals surface area contributed by atoms with Gasteiger partial charge in [0.1, 0.15) is 11.9 Å². The van der Waals surface area contributed by atoms with Crippen molar-refractivity contribution in [3.05, 3.63) is 0 Å². The number of piperidine rings is 1. The minimum Gasteiger partial charge on any atom is -0.460 e. The van der Waals surface area contributed by atoms with E-state index >= 15 is 0 Å². The molecule has 2 rings (SSSR count). The molecular weight excluding hydrogens is 326 g/mol. The first-order chi connectivity index (χ1) is 12.6. The molecule has 0 aromatic heterocycles. The molecule has 2 unspecified atom stereocenters. The fraction of sp³-hybridized carbons (Fsp3) is 0.909. The normalized spacial score (nSPS) is 23.8. The molecule has 1 saturated heterocycles.